The molecule has 1 aliphatic rings. The molecule has 1 amide bonds. The van der Waals surface area contributed by atoms with E-state index in [-0.39, 0.29) is 17.4 Å². The minimum Gasteiger partial charge on any atom is -0.349 e. The topological polar surface area (TPSA) is 72.9 Å². The molecule has 2 rings (SSSR count). The van der Waals surface area contributed by atoms with E-state index in [0.717, 1.165) is 31.5 Å². The molecule has 0 bridgehead atoms. The number of rotatable bonds is 3. The summed E-state index contributed by atoms with van der Waals surface area (Å²) in [6.45, 7) is 2.45. The molecule has 2 atom stereocenters. The molecule has 18 heavy (non-hydrogen) atoms. The van der Waals surface area contributed by atoms with Gasteiger partial charge in [0.2, 0.25) is 5.91 Å². The van der Waals surface area contributed by atoms with Crippen molar-refractivity contribution in [1.29, 1.82) is 0 Å². The van der Waals surface area contributed by atoms with Gasteiger partial charge in [-0.2, -0.15) is 0 Å². The Morgan fingerprint density at radius 2 is 2.44 bits per heavy atom. The zero-order valence-corrected chi connectivity index (χ0v) is 11.1. The summed E-state index contributed by atoms with van der Waals surface area (Å²) in [6.07, 6.45) is 7.63. The van der Waals surface area contributed by atoms with E-state index in [9.17, 15) is 4.79 Å². The minimum absolute atomic E-state index is 0.0581. The van der Waals surface area contributed by atoms with Crippen LogP contribution in [0.3, 0.4) is 0 Å². The number of aromatic nitrogens is 2. The first-order chi connectivity index (χ1) is 8.50. The highest BCUT2D eigenvalue weighted by molar-refractivity contribution is 5.80. The Kier molecular flexibility index (Phi) is 3.71. The summed E-state index contributed by atoms with van der Waals surface area (Å²) in [5, 5.41) is 2.95. The Balaban J connectivity index is 1.93. The molecule has 100 valence electrons. The molecule has 1 heterocycles. The third-order valence-electron chi connectivity index (χ3n) is 3.91. The largest absolute Gasteiger partial charge is 0.349 e. The van der Waals surface area contributed by atoms with Crippen LogP contribution in [0.15, 0.2) is 12.4 Å². The molecule has 0 aliphatic heterocycles. The van der Waals surface area contributed by atoms with Crippen LogP contribution in [-0.4, -0.2) is 21.0 Å². The lowest BCUT2D eigenvalue weighted by molar-refractivity contribution is -0.128. The van der Waals surface area contributed by atoms with E-state index in [1.165, 1.54) is 0 Å². The van der Waals surface area contributed by atoms with Gasteiger partial charge in [-0.15, -0.1) is 0 Å². The smallest absolute Gasteiger partial charge is 0.225 e. The molecule has 0 aromatic carbocycles. The van der Waals surface area contributed by atoms with E-state index < -0.39 is 0 Å². The maximum absolute atomic E-state index is 12.2. The second kappa shape index (κ2) is 5.10. The summed E-state index contributed by atoms with van der Waals surface area (Å²) in [5.74, 6) is 0.840. The molecule has 1 aromatic heterocycles. The fourth-order valence-electron chi connectivity index (χ4n) is 2.65. The van der Waals surface area contributed by atoms with Crippen LogP contribution >= 0.6 is 0 Å². The van der Waals surface area contributed by atoms with Crippen LogP contribution in [0.2, 0.25) is 0 Å². The SMILES string of the molecule is Cn1ccnc1CNC(=O)C1CCCCC1(C)N. The average molecular weight is 250 g/mol. The van der Waals surface area contributed by atoms with Crippen LogP contribution in [0.4, 0.5) is 0 Å². The van der Waals surface area contributed by atoms with Crippen LogP contribution in [-0.2, 0) is 18.4 Å². The molecular weight excluding hydrogens is 228 g/mol. The number of nitrogens with zero attached hydrogens (tertiary/aromatic N) is 2. The fraction of sp³-hybridized carbons (Fsp3) is 0.692. The Bertz CT molecular complexity index is 424. The van der Waals surface area contributed by atoms with Gasteiger partial charge >= 0.3 is 0 Å². The lowest BCUT2D eigenvalue weighted by atomic mass is 9.74. The molecule has 3 N–H and O–H groups in total. The molecule has 1 aromatic rings. The van der Waals surface area contributed by atoms with Gasteiger partial charge in [0.05, 0.1) is 12.5 Å². The highest BCUT2D eigenvalue weighted by Crippen LogP contribution is 2.31. The monoisotopic (exact) mass is 250 g/mol. The number of imidazole rings is 1. The third-order valence-corrected chi connectivity index (χ3v) is 3.91. The van der Waals surface area contributed by atoms with Gasteiger partial charge in [-0.1, -0.05) is 12.8 Å². The summed E-state index contributed by atoms with van der Waals surface area (Å²) in [5.41, 5.74) is 5.85. The predicted molar refractivity (Wildman–Crippen MR) is 69.6 cm³/mol. The summed E-state index contributed by atoms with van der Waals surface area (Å²) in [4.78, 5) is 16.4. The number of amides is 1. The number of hydrogen-bond acceptors (Lipinski definition) is 3. The highest BCUT2D eigenvalue weighted by atomic mass is 16.1. The molecular formula is C13H22N4O. The van der Waals surface area contributed by atoms with E-state index in [0.29, 0.717) is 6.54 Å². The van der Waals surface area contributed by atoms with Gasteiger partial charge in [-0.05, 0) is 19.8 Å². The van der Waals surface area contributed by atoms with Crippen LogP contribution in [0.25, 0.3) is 0 Å². The van der Waals surface area contributed by atoms with Crippen molar-refractivity contribution < 1.29 is 4.79 Å². The van der Waals surface area contributed by atoms with E-state index >= 15 is 0 Å². The van der Waals surface area contributed by atoms with Gasteiger partial charge in [0.1, 0.15) is 5.82 Å². The van der Waals surface area contributed by atoms with Gasteiger partial charge < -0.3 is 15.6 Å². The van der Waals surface area contributed by atoms with Gasteiger partial charge in [-0.25, -0.2) is 4.98 Å². The standard InChI is InChI=1S/C13H22N4O/c1-13(14)6-4-3-5-10(13)12(18)16-9-11-15-7-8-17(11)2/h7-8,10H,3-6,9,14H2,1-2H3,(H,16,18). The second-order valence-electron chi connectivity index (χ2n) is 5.48. The summed E-state index contributed by atoms with van der Waals surface area (Å²) < 4.78 is 1.91. The van der Waals surface area contributed by atoms with E-state index in [1.807, 2.05) is 24.7 Å². The molecule has 5 heteroatoms. The quantitative estimate of drug-likeness (QED) is 0.838. The highest BCUT2D eigenvalue weighted by Gasteiger charge is 2.37. The number of nitrogens with one attached hydrogen (secondary N) is 1. The van der Waals surface area contributed by atoms with E-state index in [1.54, 1.807) is 6.20 Å². The molecule has 5 nitrogen and oxygen atoms in total. The van der Waals surface area contributed by atoms with Crippen LogP contribution in [0.1, 0.15) is 38.4 Å². The average Bonchev–Trinajstić information content (AvgIpc) is 2.71. The fourth-order valence-corrected chi connectivity index (χ4v) is 2.65. The first kappa shape index (κ1) is 13.1. The Labute approximate surface area is 108 Å². The molecule has 0 spiro atoms. The molecule has 1 saturated carbocycles. The van der Waals surface area contributed by atoms with Gasteiger partial charge in [0.15, 0.2) is 0 Å². The van der Waals surface area contributed by atoms with Crippen LogP contribution in [0.5, 0.6) is 0 Å². The molecule has 1 aliphatic carbocycles. The van der Waals surface area contributed by atoms with Gasteiger partial charge in [0.25, 0.3) is 0 Å². The number of carbonyl (C=O) groups excluding carboxylic acids is 1. The Morgan fingerprint density at radius 3 is 3.06 bits per heavy atom. The minimum atomic E-state index is -0.371. The van der Waals surface area contributed by atoms with Gasteiger partial charge in [-0.3, -0.25) is 4.79 Å². The van der Waals surface area contributed by atoms with Crippen molar-refractivity contribution in [2.45, 2.75) is 44.7 Å². The van der Waals surface area contributed by atoms with Crippen LogP contribution < -0.4 is 11.1 Å². The summed E-state index contributed by atoms with van der Waals surface area (Å²) >= 11 is 0. The predicted octanol–water partition coefficient (Wildman–Crippen LogP) is 0.944. The van der Waals surface area contributed by atoms with Crippen molar-refractivity contribution in [3.8, 4) is 0 Å². The Morgan fingerprint density at radius 1 is 1.67 bits per heavy atom. The first-order valence-electron chi connectivity index (χ1n) is 6.53. The van der Waals surface area contributed by atoms with E-state index in [2.05, 4.69) is 10.3 Å². The van der Waals surface area contributed by atoms with Crippen molar-refractivity contribution in [1.82, 2.24) is 14.9 Å². The Hall–Kier alpha value is -1.36. The van der Waals surface area contributed by atoms with Crippen molar-refractivity contribution in [3.05, 3.63) is 18.2 Å². The summed E-state index contributed by atoms with van der Waals surface area (Å²) in [7, 11) is 1.92. The third kappa shape index (κ3) is 2.72. The first-order valence-corrected chi connectivity index (χ1v) is 6.53. The zero-order chi connectivity index (χ0) is 13.2. The van der Waals surface area contributed by atoms with Gasteiger partial charge in [0, 0.05) is 25.0 Å². The zero-order valence-electron chi connectivity index (χ0n) is 11.1. The van der Waals surface area contributed by atoms with E-state index in [4.69, 9.17) is 5.73 Å². The normalized spacial score (nSPS) is 28.1. The number of aryl methyl sites for hydroxylation is 1. The number of hydrogen-bond donors (Lipinski definition) is 2. The van der Waals surface area contributed by atoms with Crippen molar-refractivity contribution in [2.24, 2.45) is 18.7 Å². The second-order valence-corrected chi connectivity index (χ2v) is 5.48. The van der Waals surface area contributed by atoms with Crippen LogP contribution in [0, 0.1) is 5.92 Å². The number of carbonyl (C=O) groups is 1. The molecule has 0 saturated heterocycles. The molecule has 1 fully saturated rings. The summed E-state index contributed by atoms with van der Waals surface area (Å²) in [6, 6.07) is 0. The number of nitrogens with two attached hydrogens (primary N) is 1. The maximum Gasteiger partial charge on any atom is 0.225 e. The lowest BCUT2D eigenvalue weighted by Crippen LogP contribution is -2.52. The maximum atomic E-state index is 12.2. The lowest BCUT2D eigenvalue weighted by Gasteiger charge is -2.37. The van der Waals surface area contributed by atoms with Crippen molar-refractivity contribution in [3.63, 3.8) is 0 Å². The molecule has 2 unspecified atom stereocenters. The van der Waals surface area contributed by atoms with Crippen molar-refractivity contribution >= 4 is 5.91 Å². The molecule has 0 radical (unpaired) electrons. The van der Waals surface area contributed by atoms with Crippen molar-refractivity contribution in [2.75, 3.05) is 0 Å².